The summed E-state index contributed by atoms with van der Waals surface area (Å²) in [7, 11) is 0. The van der Waals surface area contributed by atoms with Gasteiger partial charge in [-0.3, -0.25) is 9.59 Å². The Balaban J connectivity index is 1.28. The molecule has 0 bridgehead atoms. The first-order valence-electron chi connectivity index (χ1n) is 16.9. The summed E-state index contributed by atoms with van der Waals surface area (Å²) in [4.78, 5) is 26.9. The summed E-state index contributed by atoms with van der Waals surface area (Å²) in [5.41, 5.74) is 3.03. The van der Waals surface area contributed by atoms with E-state index in [1.165, 1.54) is 6.92 Å². The molecule has 2 fully saturated rings. The number of hydrogen-bond acceptors (Lipinski definition) is 4. The van der Waals surface area contributed by atoms with Gasteiger partial charge >= 0.3 is 0 Å². The van der Waals surface area contributed by atoms with E-state index >= 15 is 4.39 Å². The molecule has 3 aliphatic carbocycles. The Morgan fingerprint density at radius 2 is 1.75 bits per heavy atom. The number of unbranched alkanes of at least 4 members (excludes halogenated alkanes) is 4. The van der Waals surface area contributed by atoms with Crippen molar-refractivity contribution in [3.05, 3.63) is 59.2 Å². The molecule has 0 aromatic heterocycles. The molecule has 0 spiro atoms. The predicted molar refractivity (Wildman–Crippen MR) is 173 cm³/mol. The Labute approximate surface area is 262 Å². The molecule has 0 saturated heterocycles. The number of aliphatic hydroxyl groups excluding tert-OH is 1. The van der Waals surface area contributed by atoms with Gasteiger partial charge in [0.05, 0.1) is 6.10 Å². The second-order valence-corrected chi connectivity index (χ2v) is 14.0. The third-order valence-corrected chi connectivity index (χ3v) is 11.0. The topological polar surface area (TPSA) is 89.9 Å². The lowest BCUT2D eigenvalue weighted by Crippen LogP contribution is -2.51. The molecule has 7 atom stereocenters. The smallest absolute Gasteiger partial charge is 0.253 e. The number of hydrogen-bond donors (Lipinski definition) is 3. The van der Waals surface area contributed by atoms with E-state index in [-0.39, 0.29) is 40.7 Å². The molecule has 44 heavy (non-hydrogen) atoms. The third kappa shape index (κ3) is 6.83. The van der Waals surface area contributed by atoms with Crippen molar-refractivity contribution < 1.29 is 24.2 Å². The predicted octanol–water partition coefficient (Wildman–Crippen LogP) is 7.63. The molecule has 2 saturated carbocycles. The number of carbonyl (C=O) groups is 2. The van der Waals surface area contributed by atoms with Crippen molar-refractivity contribution in [3.63, 3.8) is 0 Å². The molecule has 0 heterocycles. The molecule has 0 aliphatic heterocycles. The first kappa shape index (κ1) is 32.5. The molecule has 240 valence electrons. The van der Waals surface area contributed by atoms with Gasteiger partial charge in [-0.2, -0.15) is 0 Å². The molecular formula is C37H51FN2O4. The number of fused-ring (bicyclic) bond motifs is 5. The van der Waals surface area contributed by atoms with Gasteiger partial charge in [-0.1, -0.05) is 45.6 Å². The maximum Gasteiger partial charge on any atom is 0.253 e. The summed E-state index contributed by atoms with van der Waals surface area (Å²) in [5, 5.41) is 23.9. The Morgan fingerprint density at radius 1 is 1.02 bits per heavy atom. The molecule has 6 nitrogen and oxygen atoms in total. The molecule has 3 unspecified atom stereocenters. The van der Waals surface area contributed by atoms with E-state index in [2.05, 4.69) is 19.2 Å². The Kier molecular flexibility index (Phi) is 10.3. The quantitative estimate of drug-likeness (QED) is 0.217. The lowest BCUT2D eigenvalue weighted by molar-refractivity contribution is -0.114. The van der Waals surface area contributed by atoms with Crippen LogP contribution in [0.4, 0.5) is 10.1 Å². The number of amides is 2. The zero-order valence-corrected chi connectivity index (χ0v) is 26.7. The van der Waals surface area contributed by atoms with Crippen LogP contribution < -0.4 is 5.32 Å². The van der Waals surface area contributed by atoms with Crippen LogP contribution in [-0.2, 0) is 11.2 Å². The molecule has 2 amide bonds. The highest BCUT2D eigenvalue weighted by Gasteiger charge is 2.59. The van der Waals surface area contributed by atoms with Crippen LogP contribution in [0.1, 0.15) is 112 Å². The standard InChI is InChI=1S/C37H51FN2O4/c1-4-5-6-8-19-40(36(44)25-11-13-28(14-12-25)39-24(2)41)20-9-7-10-26-21-27-22-29(42)15-16-30(27)35-32(38)23-37(3)31(34(26)35)17-18-33(37)43/h11-16,22,26,31-35,42-43H,4-10,17-21,23H2,1-3H3,(H,39,41)/t26-,31?,32+,33+,34?,35?,37+/m1/s1. The average Bonchev–Trinajstić information content (AvgIpc) is 3.28. The van der Waals surface area contributed by atoms with Gasteiger partial charge in [0.15, 0.2) is 0 Å². The summed E-state index contributed by atoms with van der Waals surface area (Å²) in [6.07, 6.45) is 8.54. The van der Waals surface area contributed by atoms with Crippen molar-refractivity contribution in [1.29, 1.82) is 0 Å². The Hall–Kier alpha value is -2.93. The van der Waals surface area contributed by atoms with E-state index in [0.717, 1.165) is 81.9 Å². The average molecular weight is 607 g/mol. The molecule has 2 aromatic rings. The van der Waals surface area contributed by atoms with E-state index in [4.69, 9.17) is 0 Å². The van der Waals surface area contributed by atoms with Gasteiger partial charge < -0.3 is 20.4 Å². The second-order valence-electron chi connectivity index (χ2n) is 14.0. The monoisotopic (exact) mass is 606 g/mol. The lowest BCUT2D eigenvalue weighted by Gasteiger charge is -2.54. The number of carbonyl (C=O) groups excluding carboxylic acids is 2. The van der Waals surface area contributed by atoms with E-state index in [1.54, 1.807) is 30.3 Å². The fourth-order valence-electron chi connectivity index (χ4n) is 8.87. The van der Waals surface area contributed by atoms with Crippen LogP contribution in [0.5, 0.6) is 5.75 Å². The number of benzene rings is 2. The first-order chi connectivity index (χ1) is 21.1. The normalized spacial score (nSPS) is 28.9. The number of phenolic OH excluding ortho intramolecular Hbond substituents is 1. The number of alkyl halides is 1. The van der Waals surface area contributed by atoms with Crippen LogP contribution in [0.3, 0.4) is 0 Å². The van der Waals surface area contributed by atoms with E-state index in [9.17, 15) is 19.8 Å². The largest absolute Gasteiger partial charge is 0.508 e. The van der Waals surface area contributed by atoms with Crippen molar-refractivity contribution >= 4 is 17.5 Å². The minimum Gasteiger partial charge on any atom is -0.508 e. The number of halogens is 1. The number of aromatic hydroxyl groups is 1. The van der Waals surface area contributed by atoms with Crippen molar-refractivity contribution in [2.24, 2.45) is 23.2 Å². The number of nitrogens with one attached hydrogen (secondary N) is 1. The highest BCUT2D eigenvalue weighted by atomic mass is 19.1. The Bertz CT molecular complexity index is 1300. The summed E-state index contributed by atoms with van der Waals surface area (Å²) in [6.45, 7) is 7.14. The van der Waals surface area contributed by atoms with Gasteiger partial charge in [0, 0.05) is 37.2 Å². The minimum atomic E-state index is -1.01. The highest BCUT2D eigenvalue weighted by molar-refractivity contribution is 5.95. The van der Waals surface area contributed by atoms with Crippen molar-refractivity contribution in [2.45, 2.75) is 110 Å². The molecule has 3 N–H and O–H groups in total. The van der Waals surface area contributed by atoms with Crippen LogP contribution >= 0.6 is 0 Å². The number of rotatable bonds is 12. The fourth-order valence-corrected chi connectivity index (χ4v) is 8.87. The van der Waals surface area contributed by atoms with Gasteiger partial charge in [-0.25, -0.2) is 4.39 Å². The summed E-state index contributed by atoms with van der Waals surface area (Å²) in [6, 6.07) is 12.6. The van der Waals surface area contributed by atoms with E-state index < -0.39 is 12.3 Å². The lowest BCUT2D eigenvalue weighted by atomic mass is 9.51. The van der Waals surface area contributed by atoms with Crippen molar-refractivity contribution in [1.82, 2.24) is 4.90 Å². The summed E-state index contributed by atoms with van der Waals surface area (Å²) < 4.78 is 16.1. The van der Waals surface area contributed by atoms with Crippen LogP contribution in [0.2, 0.25) is 0 Å². The molecule has 7 heteroatoms. The Morgan fingerprint density at radius 3 is 2.45 bits per heavy atom. The van der Waals surface area contributed by atoms with Crippen LogP contribution in [0, 0.1) is 23.2 Å². The van der Waals surface area contributed by atoms with Gasteiger partial charge in [0.25, 0.3) is 5.91 Å². The van der Waals surface area contributed by atoms with Crippen molar-refractivity contribution in [3.8, 4) is 5.75 Å². The SMILES string of the molecule is CCCCCCN(CCCC[C@@H]1Cc2cc(O)ccc2C2C1C1CC[C@H](O)[C@@]1(C)C[C@@H]2F)C(=O)c1ccc(NC(C)=O)cc1. The fraction of sp³-hybridized carbons (Fsp3) is 0.622. The molecule has 5 rings (SSSR count). The maximum absolute atomic E-state index is 16.1. The molecule has 3 aliphatic rings. The minimum absolute atomic E-state index is 0.0151. The van der Waals surface area contributed by atoms with Gasteiger partial charge in [0.2, 0.25) is 5.91 Å². The number of anilines is 1. The summed E-state index contributed by atoms with van der Waals surface area (Å²) in [5.74, 6) is 0.653. The molecular weight excluding hydrogens is 555 g/mol. The highest BCUT2D eigenvalue weighted by Crippen LogP contribution is 2.63. The van der Waals surface area contributed by atoms with Crippen molar-refractivity contribution in [2.75, 3.05) is 18.4 Å². The third-order valence-electron chi connectivity index (χ3n) is 11.0. The van der Waals surface area contributed by atoms with Gasteiger partial charge in [-0.05, 0) is 116 Å². The number of aliphatic hydroxyl groups is 1. The number of nitrogens with zero attached hydrogens (tertiary/aromatic N) is 1. The van der Waals surface area contributed by atoms with E-state index in [0.29, 0.717) is 30.1 Å². The zero-order valence-electron chi connectivity index (χ0n) is 26.7. The number of phenols is 1. The van der Waals surface area contributed by atoms with Gasteiger partial charge in [0.1, 0.15) is 11.9 Å². The molecule has 2 aromatic carbocycles. The summed E-state index contributed by atoms with van der Waals surface area (Å²) >= 11 is 0. The first-order valence-corrected chi connectivity index (χ1v) is 16.9. The van der Waals surface area contributed by atoms with E-state index in [1.807, 2.05) is 17.0 Å². The molecule has 0 radical (unpaired) electrons. The maximum atomic E-state index is 16.1. The van der Waals surface area contributed by atoms with Crippen LogP contribution in [-0.4, -0.2) is 52.3 Å². The zero-order chi connectivity index (χ0) is 31.4. The second kappa shape index (κ2) is 14.0. The van der Waals surface area contributed by atoms with Crippen LogP contribution in [0.15, 0.2) is 42.5 Å². The van der Waals surface area contributed by atoms with Gasteiger partial charge in [-0.15, -0.1) is 0 Å². The van der Waals surface area contributed by atoms with Crippen LogP contribution in [0.25, 0.3) is 0 Å².